The number of fused-ring (bicyclic) bond motifs is 1. The van der Waals surface area contributed by atoms with E-state index in [0.717, 1.165) is 24.1 Å². The normalized spacial score (nSPS) is 15.3. The Labute approximate surface area is 131 Å². The molecule has 0 saturated carbocycles. The second kappa shape index (κ2) is 5.93. The fourth-order valence-corrected chi connectivity index (χ4v) is 3.01. The number of carbonyl (C=O) groups is 1. The van der Waals surface area contributed by atoms with E-state index in [-0.39, 0.29) is 11.9 Å². The van der Waals surface area contributed by atoms with Crippen molar-refractivity contribution in [3.8, 4) is 0 Å². The third-order valence-electron chi connectivity index (χ3n) is 4.48. The van der Waals surface area contributed by atoms with Gasteiger partial charge in [0.05, 0.1) is 6.04 Å². The highest BCUT2D eigenvalue weighted by atomic mass is 16.2. The number of hydrogen-bond donors (Lipinski definition) is 1. The second-order valence-electron chi connectivity index (χ2n) is 6.11. The fraction of sp³-hybridized carbons (Fsp3) is 0.316. The van der Waals surface area contributed by atoms with E-state index < -0.39 is 0 Å². The fourth-order valence-electron chi connectivity index (χ4n) is 3.01. The molecule has 114 valence electrons. The van der Waals surface area contributed by atoms with Gasteiger partial charge in [0.1, 0.15) is 0 Å². The third-order valence-corrected chi connectivity index (χ3v) is 4.48. The smallest absolute Gasteiger partial charge is 0.219 e. The number of rotatable bonds is 2. The summed E-state index contributed by atoms with van der Waals surface area (Å²) >= 11 is 0. The highest BCUT2D eigenvalue weighted by Crippen LogP contribution is 2.26. The first-order valence-corrected chi connectivity index (χ1v) is 7.74. The molecule has 1 aliphatic rings. The summed E-state index contributed by atoms with van der Waals surface area (Å²) in [6, 6.07) is 14.7. The van der Waals surface area contributed by atoms with Gasteiger partial charge in [0, 0.05) is 20.0 Å². The van der Waals surface area contributed by atoms with Gasteiger partial charge in [-0.2, -0.15) is 0 Å². The maximum Gasteiger partial charge on any atom is 0.219 e. The lowest BCUT2D eigenvalue weighted by Gasteiger charge is -2.28. The molecule has 2 aromatic carbocycles. The zero-order valence-corrected chi connectivity index (χ0v) is 13.2. The van der Waals surface area contributed by atoms with Crippen molar-refractivity contribution in [3.63, 3.8) is 0 Å². The van der Waals surface area contributed by atoms with Crippen molar-refractivity contribution in [2.75, 3.05) is 6.54 Å². The Morgan fingerprint density at radius 2 is 1.77 bits per heavy atom. The van der Waals surface area contributed by atoms with E-state index in [2.05, 4.69) is 49.4 Å². The first-order valence-electron chi connectivity index (χ1n) is 7.74. The molecule has 1 aliphatic heterocycles. The molecule has 0 saturated heterocycles. The average Bonchev–Trinajstić information content (AvgIpc) is 2.53. The van der Waals surface area contributed by atoms with E-state index in [9.17, 15) is 4.79 Å². The van der Waals surface area contributed by atoms with Crippen molar-refractivity contribution in [3.05, 3.63) is 70.3 Å². The number of carbonyl (C=O) groups excluding carboxylic acids is 1. The SMILES string of the molecule is CC(=O)N1CCc2ccc(C(N)c3ccc(C)cc3)cc2C1. The van der Waals surface area contributed by atoms with Gasteiger partial charge in [0.2, 0.25) is 5.91 Å². The maximum atomic E-state index is 11.6. The van der Waals surface area contributed by atoms with Gasteiger partial charge in [-0.3, -0.25) is 4.79 Å². The van der Waals surface area contributed by atoms with E-state index in [1.807, 2.05) is 4.90 Å². The molecular weight excluding hydrogens is 272 g/mol. The number of nitrogens with zero attached hydrogens (tertiary/aromatic N) is 1. The van der Waals surface area contributed by atoms with Gasteiger partial charge in [0.25, 0.3) is 0 Å². The molecule has 0 spiro atoms. The molecule has 1 atom stereocenters. The van der Waals surface area contributed by atoms with Crippen LogP contribution in [-0.2, 0) is 17.8 Å². The predicted octanol–water partition coefficient (Wildman–Crippen LogP) is 2.95. The van der Waals surface area contributed by atoms with E-state index in [4.69, 9.17) is 5.73 Å². The number of aryl methyl sites for hydroxylation is 1. The van der Waals surface area contributed by atoms with Gasteiger partial charge in [-0.1, -0.05) is 48.0 Å². The number of amides is 1. The van der Waals surface area contributed by atoms with Crippen LogP contribution in [0.5, 0.6) is 0 Å². The molecule has 2 N–H and O–H groups in total. The van der Waals surface area contributed by atoms with Gasteiger partial charge in [-0.05, 0) is 35.6 Å². The Morgan fingerprint density at radius 1 is 1.09 bits per heavy atom. The molecule has 1 unspecified atom stereocenters. The van der Waals surface area contributed by atoms with E-state index in [1.165, 1.54) is 16.7 Å². The van der Waals surface area contributed by atoms with Crippen molar-refractivity contribution in [2.45, 2.75) is 32.9 Å². The summed E-state index contributed by atoms with van der Waals surface area (Å²) in [7, 11) is 0. The van der Waals surface area contributed by atoms with Gasteiger partial charge >= 0.3 is 0 Å². The van der Waals surface area contributed by atoms with Gasteiger partial charge < -0.3 is 10.6 Å². The number of hydrogen-bond acceptors (Lipinski definition) is 2. The Morgan fingerprint density at radius 3 is 2.45 bits per heavy atom. The van der Waals surface area contributed by atoms with Crippen LogP contribution in [0.1, 0.15) is 40.8 Å². The van der Waals surface area contributed by atoms with Crippen LogP contribution in [0.3, 0.4) is 0 Å². The van der Waals surface area contributed by atoms with Gasteiger partial charge in [0.15, 0.2) is 0 Å². The van der Waals surface area contributed by atoms with Crippen molar-refractivity contribution < 1.29 is 4.79 Å². The molecule has 1 amide bonds. The van der Waals surface area contributed by atoms with Crippen LogP contribution >= 0.6 is 0 Å². The Balaban J connectivity index is 1.88. The lowest BCUT2D eigenvalue weighted by atomic mass is 9.92. The lowest BCUT2D eigenvalue weighted by molar-refractivity contribution is -0.129. The van der Waals surface area contributed by atoms with Crippen LogP contribution in [0.2, 0.25) is 0 Å². The number of benzene rings is 2. The molecule has 0 fully saturated rings. The molecule has 3 nitrogen and oxygen atoms in total. The first kappa shape index (κ1) is 14.8. The molecule has 22 heavy (non-hydrogen) atoms. The molecule has 0 bridgehead atoms. The molecular formula is C19H22N2O. The topological polar surface area (TPSA) is 46.3 Å². The van der Waals surface area contributed by atoms with Crippen molar-refractivity contribution in [1.82, 2.24) is 4.90 Å². The average molecular weight is 294 g/mol. The van der Waals surface area contributed by atoms with Crippen LogP contribution in [0.4, 0.5) is 0 Å². The minimum Gasteiger partial charge on any atom is -0.338 e. The molecule has 0 radical (unpaired) electrons. The summed E-state index contributed by atoms with van der Waals surface area (Å²) < 4.78 is 0. The van der Waals surface area contributed by atoms with E-state index in [1.54, 1.807) is 6.92 Å². The molecule has 0 aliphatic carbocycles. The second-order valence-corrected chi connectivity index (χ2v) is 6.11. The number of nitrogens with two attached hydrogens (primary N) is 1. The highest BCUT2D eigenvalue weighted by molar-refractivity contribution is 5.73. The summed E-state index contributed by atoms with van der Waals surface area (Å²) in [4.78, 5) is 13.5. The molecule has 1 heterocycles. The van der Waals surface area contributed by atoms with Crippen molar-refractivity contribution in [1.29, 1.82) is 0 Å². The first-order chi connectivity index (χ1) is 10.5. The Hall–Kier alpha value is -2.13. The zero-order valence-electron chi connectivity index (χ0n) is 13.2. The zero-order chi connectivity index (χ0) is 15.7. The Kier molecular flexibility index (Phi) is 3.99. The minimum absolute atomic E-state index is 0.126. The molecule has 2 aromatic rings. The quantitative estimate of drug-likeness (QED) is 0.925. The summed E-state index contributed by atoms with van der Waals surface area (Å²) in [5, 5.41) is 0. The molecule has 3 rings (SSSR count). The van der Waals surface area contributed by atoms with Gasteiger partial charge in [-0.15, -0.1) is 0 Å². The minimum atomic E-state index is -0.126. The van der Waals surface area contributed by atoms with Gasteiger partial charge in [-0.25, -0.2) is 0 Å². The molecule has 3 heteroatoms. The maximum absolute atomic E-state index is 11.6. The largest absolute Gasteiger partial charge is 0.338 e. The van der Waals surface area contributed by atoms with Crippen molar-refractivity contribution >= 4 is 5.91 Å². The van der Waals surface area contributed by atoms with E-state index in [0.29, 0.717) is 6.54 Å². The van der Waals surface area contributed by atoms with Crippen LogP contribution in [0.25, 0.3) is 0 Å². The van der Waals surface area contributed by atoms with Crippen LogP contribution < -0.4 is 5.73 Å². The van der Waals surface area contributed by atoms with Crippen molar-refractivity contribution in [2.24, 2.45) is 5.73 Å². The molecule has 0 aromatic heterocycles. The van der Waals surface area contributed by atoms with Crippen LogP contribution in [0, 0.1) is 6.92 Å². The Bertz CT molecular complexity index is 691. The summed E-state index contributed by atoms with van der Waals surface area (Å²) in [5.74, 6) is 0.138. The monoisotopic (exact) mass is 294 g/mol. The summed E-state index contributed by atoms with van der Waals surface area (Å²) in [6.07, 6.45) is 0.926. The lowest BCUT2D eigenvalue weighted by Crippen LogP contribution is -2.34. The van der Waals surface area contributed by atoms with Crippen LogP contribution in [-0.4, -0.2) is 17.4 Å². The van der Waals surface area contributed by atoms with E-state index >= 15 is 0 Å². The summed E-state index contributed by atoms with van der Waals surface area (Å²) in [5.41, 5.74) is 12.4. The summed E-state index contributed by atoms with van der Waals surface area (Å²) in [6.45, 7) is 5.21. The third kappa shape index (κ3) is 2.90. The standard InChI is InChI=1S/C19H22N2O/c1-13-3-5-16(6-4-13)19(20)17-8-7-15-9-10-21(14(2)22)12-18(15)11-17/h3-8,11,19H,9-10,12,20H2,1-2H3. The predicted molar refractivity (Wildman–Crippen MR) is 88.4 cm³/mol. The highest BCUT2D eigenvalue weighted by Gasteiger charge is 2.19. The van der Waals surface area contributed by atoms with Crippen LogP contribution in [0.15, 0.2) is 42.5 Å².